The molecule has 0 spiro atoms. The van der Waals surface area contributed by atoms with Crippen LogP contribution in [-0.2, 0) is 17.6 Å². The summed E-state index contributed by atoms with van der Waals surface area (Å²) in [4.78, 5) is 16.5. The van der Waals surface area contributed by atoms with E-state index in [4.69, 9.17) is 4.74 Å². The molecule has 0 aliphatic rings. The molecule has 3 rings (SSSR count). The highest BCUT2D eigenvalue weighted by atomic mass is 32.1. The first kappa shape index (κ1) is 22.4. The van der Waals surface area contributed by atoms with E-state index < -0.39 is 6.36 Å². The van der Waals surface area contributed by atoms with Gasteiger partial charge in [0.1, 0.15) is 11.5 Å². The molecule has 0 fully saturated rings. The number of benzene rings is 2. The molecule has 0 aliphatic heterocycles. The minimum atomic E-state index is -4.73. The first-order valence-corrected chi connectivity index (χ1v) is 10.2. The van der Waals surface area contributed by atoms with Crippen LogP contribution in [0.15, 0.2) is 53.9 Å². The second-order valence-electron chi connectivity index (χ2n) is 6.47. The van der Waals surface area contributed by atoms with E-state index in [2.05, 4.69) is 20.4 Å². The molecule has 2 aromatic carbocycles. The fourth-order valence-corrected chi connectivity index (χ4v) is 3.40. The molecule has 1 heterocycles. The van der Waals surface area contributed by atoms with Gasteiger partial charge in [-0.2, -0.15) is 0 Å². The van der Waals surface area contributed by atoms with Gasteiger partial charge < -0.3 is 20.1 Å². The van der Waals surface area contributed by atoms with Gasteiger partial charge in [-0.15, -0.1) is 24.5 Å². The van der Waals surface area contributed by atoms with E-state index in [1.54, 1.807) is 12.5 Å². The number of ether oxygens (including phenoxy) is 2. The molecule has 164 valence electrons. The quantitative estimate of drug-likeness (QED) is 0.494. The van der Waals surface area contributed by atoms with Crippen LogP contribution in [-0.4, -0.2) is 30.9 Å². The molecular weight excluding hydrogens is 431 g/mol. The van der Waals surface area contributed by atoms with Crippen molar-refractivity contribution in [3.63, 3.8) is 0 Å². The lowest BCUT2D eigenvalue weighted by Gasteiger charge is -2.09. The zero-order valence-corrected chi connectivity index (χ0v) is 17.3. The van der Waals surface area contributed by atoms with E-state index in [-0.39, 0.29) is 18.1 Å². The molecule has 0 atom stereocenters. The lowest BCUT2D eigenvalue weighted by Crippen LogP contribution is -2.27. The summed E-state index contributed by atoms with van der Waals surface area (Å²) in [6, 6.07) is 13.0. The zero-order valence-electron chi connectivity index (χ0n) is 16.5. The number of halogens is 3. The van der Waals surface area contributed by atoms with E-state index >= 15 is 0 Å². The summed E-state index contributed by atoms with van der Waals surface area (Å²) in [6.45, 7) is 0.507. The first-order chi connectivity index (χ1) is 14.8. The maximum absolute atomic E-state index is 12.2. The van der Waals surface area contributed by atoms with Gasteiger partial charge in [-0.05, 0) is 48.4 Å². The van der Waals surface area contributed by atoms with Gasteiger partial charge in [-0.3, -0.25) is 4.79 Å². The van der Waals surface area contributed by atoms with Crippen molar-refractivity contribution >= 4 is 28.1 Å². The third kappa shape index (κ3) is 7.49. The van der Waals surface area contributed by atoms with Crippen LogP contribution >= 0.6 is 11.3 Å². The maximum atomic E-state index is 12.2. The Labute approximate surface area is 181 Å². The van der Waals surface area contributed by atoms with Crippen molar-refractivity contribution in [1.29, 1.82) is 0 Å². The van der Waals surface area contributed by atoms with Crippen molar-refractivity contribution in [1.82, 2.24) is 10.3 Å². The van der Waals surface area contributed by atoms with Crippen molar-refractivity contribution in [2.45, 2.75) is 19.2 Å². The molecule has 0 saturated carbocycles. The molecule has 0 unspecified atom stereocenters. The fraction of sp³-hybridized carbons (Fsp3) is 0.238. The number of methoxy groups -OCH3 is 1. The van der Waals surface area contributed by atoms with Crippen molar-refractivity contribution in [3.8, 4) is 11.5 Å². The van der Waals surface area contributed by atoms with Gasteiger partial charge in [0, 0.05) is 17.6 Å². The molecule has 0 saturated heterocycles. The summed E-state index contributed by atoms with van der Waals surface area (Å²) in [5.74, 6) is 0.342. The number of anilines is 2. The summed E-state index contributed by atoms with van der Waals surface area (Å²) < 4.78 is 45.6. The van der Waals surface area contributed by atoms with E-state index in [1.807, 2.05) is 24.3 Å². The van der Waals surface area contributed by atoms with Gasteiger partial charge in [-0.1, -0.05) is 12.1 Å². The summed E-state index contributed by atoms with van der Waals surface area (Å²) in [7, 11) is 1.61. The van der Waals surface area contributed by atoms with Crippen LogP contribution in [0.2, 0.25) is 0 Å². The number of nitrogens with zero attached hydrogens (tertiary/aromatic N) is 1. The molecule has 6 nitrogen and oxygen atoms in total. The van der Waals surface area contributed by atoms with Gasteiger partial charge in [0.25, 0.3) is 0 Å². The van der Waals surface area contributed by atoms with Gasteiger partial charge >= 0.3 is 6.36 Å². The number of thiazole rings is 1. The Morgan fingerprint density at radius 3 is 2.39 bits per heavy atom. The van der Waals surface area contributed by atoms with Crippen LogP contribution in [0.5, 0.6) is 11.5 Å². The molecule has 0 bridgehead atoms. The lowest BCUT2D eigenvalue weighted by atomic mass is 10.1. The molecule has 10 heteroatoms. The van der Waals surface area contributed by atoms with E-state index in [9.17, 15) is 18.0 Å². The molecule has 1 amide bonds. The molecule has 31 heavy (non-hydrogen) atoms. The monoisotopic (exact) mass is 451 g/mol. The number of hydrogen-bond acceptors (Lipinski definition) is 6. The number of hydrogen-bond donors (Lipinski definition) is 2. The minimum absolute atomic E-state index is 0.138. The predicted octanol–water partition coefficient (Wildman–Crippen LogP) is 4.70. The van der Waals surface area contributed by atoms with E-state index in [0.29, 0.717) is 29.5 Å². The number of rotatable bonds is 9. The number of carbonyl (C=O) groups excluding carboxylic acids is 1. The van der Waals surface area contributed by atoms with Gasteiger partial charge in [-0.25, -0.2) is 4.98 Å². The van der Waals surface area contributed by atoms with Crippen molar-refractivity contribution in [3.05, 3.63) is 65.2 Å². The van der Waals surface area contributed by atoms with Crippen LogP contribution in [0.3, 0.4) is 0 Å². The Bertz CT molecular complexity index is 990. The maximum Gasteiger partial charge on any atom is 0.573 e. The minimum Gasteiger partial charge on any atom is -0.497 e. The number of alkyl halides is 3. The molecule has 0 aliphatic carbocycles. The average molecular weight is 451 g/mol. The highest BCUT2D eigenvalue weighted by Gasteiger charge is 2.30. The predicted molar refractivity (Wildman–Crippen MR) is 112 cm³/mol. The average Bonchev–Trinajstić information content (AvgIpc) is 3.15. The topological polar surface area (TPSA) is 72.5 Å². The highest BCUT2D eigenvalue weighted by molar-refractivity contribution is 7.13. The lowest BCUT2D eigenvalue weighted by molar-refractivity contribution is -0.274. The molecule has 0 radical (unpaired) electrons. The number of nitrogens with one attached hydrogen (secondary N) is 2. The first-order valence-electron chi connectivity index (χ1n) is 9.27. The number of aromatic nitrogens is 1. The largest absolute Gasteiger partial charge is 0.573 e. The normalized spacial score (nSPS) is 11.1. The number of amides is 1. The van der Waals surface area contributed by atoms with E-state index in [0.717, 1.165) is 11.3 Å². The summed E-state index contributed by atoms with van der Waals surface area (Å²) in [6.07, 6.45) is -3.89. The second kappa shape index (κ2) is 10.2. The third-order valence-electron chi connectivity index (χ3n) is 4.13. The summed E-state index contributed by atoms with van der Waals surface area (Å²) >= 11 is 1.30. The van der Waals surface area contributed by atoms with E-state index in [1.165, 1.54) is 35.6 Å². The highest BCUT2D eigenvalue weighted by Crippen LogP contribution is 2.26. The van der Waals surface area contributed by atoms with Crippen LogP contribution < -0.4 is 20.1 Å². The SMILES string of the molecule is COc1ccc(CCNC(=O)Cc2csc(Nc3ccc(OC(F)(F)F)cc3)n2)cc1. The Hall–Kier alpha value is -3.27. The Morgan fingerprint density at radius 2 is 1.74 bits per heavy atom. The van der Waals surface area contributed by atoms with Crippen molar-refractivity contribution < 1.29 is 27.4 Å². The molecule has 3 aromatic rings. The fourth-order valence-electron chi connectivity index (χ4n) is 2.67. The Balaban J connectivity index is 1.44. The van der Waals surface area contributed by atoms with Crippen LogP contribution in [0.25, 0.3) is 0 Å². The second-order valence-corrected chi connectivity index (χ2v) is 7.32. The molecule has 2 N–H and O–H groups in total. The van der Waals surface area contributed by atoms with Crippen molar-refractivity contribution in [2.75, 3.05) is 19.0 Å². The van der Waals surface area contributed by atoms with Crippen LogP contribution in [0, 0.1) is 0 Å². The Morgan fingerprint density at radius 1 is 1.06 bits per heavy atom. The van der Waals surface area contributed by atoms with Crippen molar-refractivity contribution in [2.24, 2.45) is 0 Å². The summed E-state index contributed by atoms with van der Waals surface area (Å²) in [5.41, 5.74) is 2.25. The standard InChI is InChI=1S/C21H20F3N3O3S/c1-29-17-6-2-14(3-7-17)10-11-25-19(28)12-16-13-31-20(27-16)26-15-4-8-18(9-5-15)30-21(22,23)24/h2-9,13H,10-12H2,1H3,(H,25,28)(H,26,27). The smallest absolute Gasteiger partial charge is 0.497 e. The van der Waals surface area contributed by atoms with Gasteiger partial charge in [0.2, 0.25) is 5.91 Å². The van der Waals surface area contributed by atoms with Crippen LogP contribution in [0.1, 0.15) is 11.3 Å². The Kier molecular flexibility index (Phi) is 7.35. The van der Waals surface area contributed by atoms with Gasteiger partial charge in [0.05, 0.1) is 19.2 Å². The third-order valence-corrected chi connectivity index (χ3v) is 4.93. The number of carbonyl (C=O) groups is 1. The van der Waals surface area contributed by atoms with Crippen LogP contribution in [0.4, 0.5) is 24.0 Å². The van der Waals surface area contributed by atoms with Gasteiger partial charge in [0.15, 0.2) is 5.13 Å². The molecule has 1 aromatic heterocycles. The summed E-state index contributed by atoms with van der Waals surface area (Å²) in [5, 5.41) is 8.14. The zero-order chi connectivity index (χ0) is 22.3. The molecular formula is C21H20F3N3O3S.